The maximum atomic E-state index is 11.7. The van der Waals surface area contributed by atoms with Crippen molar-refractivity contribution >= 4 is 5.97 Å². The van der Waals surface area contributed by atoms with Crippen LogP contribution in [0.15, 0.2) is 30.3 Å². The van der Waals surface area contributed by atoms with Crippen LogP contribution < -0.4 is 0 Å². The molecule has 3 rings (SSSR count). The summed E-state index contributed by atoms with van der Waals surface area (Å²) in [6.45, 7) is 2.49. The van der Waals surface area contributed by atoms with Gasteiger partial charge in [-0.25, -0.2) is 0 Å². The molecule has 1 aromatic rings. The Balaban J connectivity index is 1.55. The van der Waals surface area contributed by atoms with Crippen LogP contribution in [0.1, 0.15) is 63.9 Å². The molecule has 4 nitrogen and oxygen atoms in total. The third-order valence-corrected chi connectivity index (χ3v) is 5.19. The summed E-state index contributed by atoms with van der Waals surface area (Å²) in [6.07, 6.45) is 8.28. The molecule has 0 amide bonds. The van der Waals surface area contributed by atoms with Crippen LogP contribution in [0.3, 0.4) is 0 Å². The van der Waals surface area contributed by atoms with Crippen molar-refractivity contribution in [2.45, 2.75) is 82.7 Å². The molecule has 1 aromatic carbocycles. The number of esters is 1. The van der Waals surface area contributed by atoms with Crippen LogP contribution in [0.5, 0.6) is 0 Å². The van der Waals surface area contributed by atoms with Gasteiger partial charge < -0.3 is 14.2 Å². The first-order valence-electron chi connectivity index (χ1n) is 9.76. The van der Waals surface area contributed by atoms with Gasteiger partial charge in [0.25, 0.3) is 0 Å². The molecule has 0 bridgehead atoms. The molecule has 1 heterocycles. The molecule has 2 aliphatic rings. The minimum absolute atomic E-state index is 0.00252. The Morgan fingerprint density at radius 2 is 1.88 bits per heavy atom. The van der Waals surface area contributed by atoms with Gasteiger partial charge in [-0.3, -0.25) is 4.79 Å². The average molecular weight is 346 g/mol. The van der Waals surface area contributed by atoms with Crippen LogP contribution in [-0.2, 0) is 25.4 Å². The second-order valence-electron chi connectivity index (χ2n) is 7.23. The lowest BCUT2D eigenvalue weighted by atomic mass is 10.0. The number of benzene rings is 1. The van der Waals surface area contributed by atoms with Gasteiger partial charge >= 0.3 is 5.97 Å². The first-order chi connectivity index (χ1) is 12.2. The van der Waals surface area contributed by atoms with E-state index in [1.54, 1.807) is 0 Å². The summed E-state index contributed by atoms with van der Waals surface area (Å²) < 4.78 is 18.1. The van der Waals surface area contributed by atoms with Gasteiger partial charge in [-0.15, -0.1) is 0 Å². The molecule has 0 radical (unpaired) electrons. The van der Waals surface area contributed by atoms with Crippen molar-refractivity contribution in [2.24, 2.45) is 0 Å². The SMILES string of the molecule is CCCCC(=O)OCC[C@H]1OC2(CCCC2)O[C@@H]1Cc1ccccc1. The fourth-order valence-electron chi connectivity index (χ4n) is 3.83. The normalized spacial score (nSPS) is 24.7. The first-order valence-corrected chi connectivity index (χ1v) is 9.76. The van der Waals surface area contributed by atoms with Crippen LogP contribution in [0.4, 0.5) is 0 Å². The molecule has 1 aliphatic carbocycles. The third-order valence-electron chi connectivity index (χ3n) is 5.19. The predicted octanol–water partition coefficient (Wildman–Crippen LogP) is 4.41. The quantitative estimate of drug-likeness (QED) is 0.654. The Bertz CT molecular complexity index is 536. The van der Waals surface area contributed by atoms with E-state index in [0.717, 1.165) is 44.9 Å². The molecule has 1 aliphatic heterocycles. The Kier molecular flexibility index (Phi) is 6.49. The smallest absolute Gasteiger partial charge is 0.305 e. The van der Waals surface area contributed by atoms with Gasteiger partial charge in [0.05, 0.1) is 18.8 Å². The maximum Gasteiger partial charge on any atom is 0.305 e. The van der Waals surface area contributed by atoms with Crippen molar-refractivity contribution < 1.29 is 19.0 Å². The highest BCUT2D eigenvalue weighted by Crippen LogP contribution is 2.43. The van der Waals surface area contributed by atoms with Crippen molar-refractivity contribution in [3.05, 3.63) is 35.9 Å². The molecule has 138 valence electrons. The lowest BCUT2D eigenvalue weighted by Crippen LogP contribution is -2.27. The molecule has 1 saturated carbocycles. The summed E-state index contributed by atoms with van der Waals surface area (Å²) in [5.74, 6) is -0.493. The molecule has 25 heavy (non-hydrogen) atoms. The van der Waals surface area contributed by atoms with E-state index in [4.69, 9.17) is 14.2 Å². The number of hydrogen-bond acceptors (Lipinski definition) is 4. The van der Waals surface area contributed by atoms with Gasteiger partial charge in [-0.05, 0) is 24.8 Å². The maximum absolute atomic E-state index is 11.7. The second kappa shape index (κ2) is 8.81. The Hall–Kier alpha value is -1.39. The fourth-order valence-corrected chi connectivity index (χ4v) is 3.83. The zero-order valence-corrected chi connectivity index (χ0v) is 15.2. The zero-order valence-electron chi connectivity index (χ0n) is 15.2. The monoisotopic (exact) mass is 346 g/mol. The molecule has 0 N–H and O–H groups in total. The summed E-state index contributed by atoms with van der Waals surface area (Å²) in [7, 11) is 0. The van der Waals surface area contributed by atoms with Gasteiger partial charge in [-0.2, -0.15) is 0 Å². The highest BCUT2D eigenvalue weighted by Gasteiger charge is 2.48. The van der Waals surface area contributed by atoms with Crippen molar-refractivity contribution in [3.63, 3.8) is 0 Å². The number of unbranched alkanes of at least 4 members (excludes halogenated alkanes) is 1. The van der Waals surface area contributed by atoms with Gasteiger partial charge in [0.1, 0.15) is 0 Å². The number of ether oxygens (including phenoxy) is 3. The number of carbonyl (C=O) groups excluding carboxylic acids is 1. The van der Waals surface area contributed by atoms with E-state index in [1.807, 2.05) is 6.07 Å². The average Bonchev–Trinajstić information content (AvgIpc) is 3.21. The van der Waals surface area contributed by atoms with Gasteiger partial charge in [-0.1, -0.05) is 43.7 Å². The molecule has 2 fully saturated rings. The van der Waals surface area contributed by atoms with Crippen LogP contribution >= 0.6 is 0 Å². The minimum atomic E-state index is -0.393. The zero-order chi connectivity index (χ0) is 17.5. The lowest BCUT2D eigenvalue weighted by molar-refractivity contribution is -0.170. The van der Waals surface area contributed by atoms with E-state index < -0.39 is 5.79 Å². The Morgan fingerprint density at radius 3 is 2.60 bits per heavy atom. The molecular formula is C21H30O4. The summed E-state index contributed by atoms with van der Waals surface area (Å²) in [6, 6.07) is 10.4. The van der Waals surface area contributed by atoms with Gasteiger partial charge in [0.15, 0.2) is 5.79 Å². The second-order valence-corrected chi connectivity index (χ2v) is 7.23. The lowest BCUT2D eigenvalue weighted by Gasteiger charge is -2.22. The van der Waals surface area contributed by atoms with E-state index in [0.29, 0.717) is 19.4 Å². The third kappa shape index (κ3) is 5.05. The molecule has 1 spiro atoms. The predicted molar refractivity (Wildman–Crippen MR) is 96.2 cm³/mol. The van der Waals surface area contributed by atoms with Gasteiger partial charge in [0, 0.05) is 32.1 Å². The summed E-state index contributed by atoms with van der Waals surface area (Å²) in [5.41, 5.74) is 1.26. The van der Waals surface area contributed by atoms with Crippen molar-refractivity contribution in [1.82, 2.24) is 0 Å². The molecule has 1 saturated heterocycles. The summed E-state index contributed by atoms with van der Waals surface area (Å²) in [5, 5.41) is 0. The van der Waals surface area contributed by atoms with Gasteiger partial charge in [0.2, 0.25) is 0 Å². The Morgan fingerprint density at radius 1 is 1.16 bits per heavy atom. The molecular weight excluding hydrogens is 316 g/mol. The largest absolute Gasteiger partial charge is 0.466 e. The van der Waals surface area contributed by atoms with Crippen LogP contribution in [0, 0.1) is 0 Å². The van der Waals surface area contributed by atoms with Crippen LogP contribution in [0.2, 0.25) is 0 Å². The highest BCUT2D eigenvalue weighted by atomic mass is 16.8. The van der Waals surface area contributed by atoms with Crippen molar-refractivity contribution in [2.75, 3.05) is 6.61 Å². The number of carbonyl (C=O) groups is 1. The van der Waals surface area contributed by atoms with E-state index in [9.17, 15) is 4.79 Å². The topological polar surface area (TPSA) is 44.8 Å². The first kappa shape index (κ1) is 18.4. The Labute approximate surface area is 150 Å². The van der Waals surface area contributed by atoms with Crippen molar-refractivity contribution in [3.8, 4) is 0 Å². The number of hydrogen-bond donors (Lipinski definition) is 0. The van der Waals surface area contributed by atoms with E-state index in [1.165, 1.54) is 5.56 Å². The van der Waals surface area contributed by atoms with E-state index in [2.05, 4.69) is 31.2 Å². The standard InChI is InChI=1S/C21H30O4/c1-2-3-11-20(22)23-15-12-18-19(16-17-9-5-4-6-10-17)25-21(24-18)13-7-8-14-21/h4-6,9-10,18-19H,2-3,7-8,11-16H2,1H3/t18-,19-/m1/s1. The van der Waals surface area contributed by atoms with Crippen molar-refractivity contribution in [1.29, 1.82) is 0 Å². The molecule has 0 unspecified atom stereocenters. The number of rotatable bonds is 8. The molecule has 2 atom stereocenters. The highest BCUT2D eigenvalue weighted by molar-refractivity contribution is 5.69. The van der Waals surface area contributed by atoms with E-state index >= 15 is 0 Å². The summed E-state index contributed by atoms with van der Waals surface area (Å²) in [4.78, 5) is 11.7. The molecule has 4 heteroatoms. The fraction of sp³-hybridized carbons (Fsp3) is 0.667. The van der Waals surface area contributed by atoms with Crippen LogP contribution in [-0.4, -0.2) is 30.6 Å². The van der Waals surface area contributed by atoms with E-state index in [-0.39, 0.29) is 18.2 Å². The summed E-state index contributed by atoms with van der Waals surface area (Å²) >= 11 is 0. The molecule has 0 aromatic heterocycles. The van der Waals surface area contributed by atoms with Crippen LogP contribution in [0.25, 0.3) is 0 Å². The minimum Gasteiger partial charge on any atom is -0.466 e.